The second-order valence-electron chi connectivity index (χ2n) is 5.30. The molecule has 23 heavy (non-hydrogen) atoms. The standard InChI is InChI=1S/C17H27N3O3/c1-5-19(13-17(22)20(6-2)7-3)12-16(21)18-14-8-10-15(23-4)11-9-14/h8-11H,5-7,12-13H2,1-4H3,(H,18,21)/p+1. The second-order valence-corrected chi connectivity index (χ2v) is 5.30. The van der Waals surface area contributed by atoms with Gasteiger partial charge in [0.15, 0.2) is 13.1 Å². The van der Waals surface area contributed by atoms with Gasteiger partial charge in [-0.25, -0.2) is 0 Å². The van der Waals surface area contributed by atoms with Crippen molar-refractivity contribution in [3.05, 3.63) is 24.3 Å². The summed E-state index contributed by atoms with van der Waals surface area (Å²) >= 11 is 0. The van der Waals surface area contributed by atoms with Gasteiger partial charge >= 0.3 is 0 Å². The van der Waals surface area contributed by atoms with Crippen LogP contribution >= 0.6 is 0 Å². The maximum Gasteiger partial charge on any atom is 0.279 e. The highest BCUT2D eigenvalue weighted by atomic mass is 16.5. The number of rotatable bonds is 9. The summed E-state index contributed by atoms with van der Waals surface area (Å²) in [4.78, 5) is 27.0. The lowest BCUT2D eigenvalue weighted by Crippen LogP contribution is -3.14. The van der Waals surface area contributed by atoms with Crippen LogP contribution in [0.1, 0.15) is 20.8 Å². The minimum Gasteiger partial charge on any atom is -0.497 e. The summed E-state index contributed by atoms with van der Waals surface area (Å²) in [5.41, 5.74) is 0.723. The molecule has 6 heteroatoms. The molecular formula is C17H28N3O3+. The number of carbonyl (C=O) groups is 2. The van der Waals surface area contributed by atoms with Gasteiger partial charge in [0.1, 0.15) is 5.75 Å². The van der Waals surface area contributed by atoms with E-state index >= 15 is 0 Å². The molecule has 0 aromatic heterocycles. The maximum absolute atomic E-state index is 12.1. The van der Waals surface area contributed by atoms with Gasteiger partial charge in [-0.3, -0.25) is 9.59 Å². The summed E-state index contributed by atoms with van der Waals surface area (Å²) in [6.45, 7) is 8.64. The lowest BCUT2D eigenvalue weighted by atomic mass is 10.3. The first-order valence-electron chi connectivity index (χ1n) is 8.09. The number of nitrogens with zero attached hydrogens (tertiary/aromatic N) is 1. The predicted octanol–water partition coefficient (Wildman–Crippen LogP) is 0.407. The molecule has 0 fully saturated rings. The van der Waals surface area contributed by atoms with Crippen LogP contribution in [0, 0.1) is 0 Å². The topological polar surface area (TPSA) is 63.1 Å². The largest absolute Gasteiger partial charge is 0.497 e. The fraction of sp³-hybridized carbons (Fsp3) is 0.529. The normalized spacial score (nSPS) is 11.7. The number of benzene rings is 1. The molecule has 1 atom stereocenters. The molecule has 0 heterocycles. The lowest BCUT2D eigenvalue weighted by Gasteiger charge is -2.22. The molecule has 1 unspecified atom stereocenters. The highest BCUT2D eigenvalue weighted by Crippen LogP contribution is 2.14. The zero-order valence-electron chi connectivity index (χ0n) is 14.5. The average Bonchev–Trinajstić information content (AvgIpc) is 2.56. The first-order chi connectivity index (χ1) is 11.0. The van der Waals surface area contributed by atoms with Gasteiger partial charge in [-0.15, -0.1) is 0 Å². The molecular weight excluding hydrogens is 294 g/mol. The molecule has 1 rings (SSSR count). The van der Waals surface area contributed by atoms with Crippen LogP contribution in [0.4, 0.5) is 5.69 Å². The molecule has 1 aromatic rings. The van der Waals surface area contributed by atoms with Crippen molar-refractivity contribution in [3.8, 4) is 5.75 Å². The Kier molecular flexibility index (Phi) is 8.11. The van der Waals surface area contributed by atoms with Crippen LogP contribution in [0.5, 0.6) is 5.75 Å². The third-order valence-corrected chi connectivity index (χ3v) is 3.80. The summed E-state index contributed by atoms with van der Waals surface area (Å²) in [5.74, 6) is 0.733. The van der Waals surface area contributed by atoms with Gasteiger partial charge in [0.2, 0.25) is 0 Å². The smallest absolute Gasteiger partial charge is 0.279 e. The quantitative estimate of drug-likeness (QED) is 0.692. The average molecular weight is 322 g/mol. The van der Waals surface area contributed by atoms with E-state index in [1.807, 2.05) is 20.8 Å². The number of nitrogens with one attached hydrogen (secondary N) is 2. The van der Waals surface area contributed by atoms with E-state index in [-0.39, 0.29) is 18.4 Å². The van der Waals surface area contributed by atoms with Crippen molar-refractivity contribution in [3.63, 3.8) is 0 Å². The van der Waals surface area contributed by atoms with E-state index in [0.29, 0.717) is 19.6 Å². The monoisotopic (exact) mass is 322 g/mol. The van der Waals surface area contributed by atoms with Crippen molar-refractivity contribution < 1.29 is 19.2 Å². The fourth-order valence-corrected chi connectivity index (χ4v) is 2.32. The Morgan fingerprint density at radius 1 is 1.09 bits per heavy atom. The Labute approximate surface area is 138 Å². The van der Waals surface area contributed by atoms with Gasteiger partial charge in [0, 0.05) is 18.8 Å². The Bertz CT molecular complexity index is 498. The van der Waals surface area contributed by atoms with Crippen LogP contribution in [0.2, 0.25) is 0 Å². The molecule has 6 nitrogen and oxygen atoms in total. The number of quaternary nitrogens is 1. The van der Waals surface area contributed by atoms with Crippen LogP contribution in [-0.4, -0.2) is 56.5 Å². The van der Waals surface area contributed by atoms with Gasteiger partial charge < -0.3 is 19.9 Å². The summed E-state index contributed by atoms with van der Waals surface area (Å²) in [6, 6.07) is 7.18. The minimum atomic E-state index is -0.0978. The van der Waals surface area contributed by atoms with E-state index in [0.717, 1.165) is 22.9 Å². The fourth-order valence-electron chi connectivity index (χ4n) is 2.32. The summed E-state index contributed by atoms with van der Waals surface area (Å²) < 4.78 is 5.08. The first kappa shape index (κ1) is 19.0. The number of amides is 2. The molecule has 0 aliphatic carbocycles. The van der Waals surface area contributed by atoms with E-state index in [4.69, 9.17) is 4.74 Å². The van der Waals surface area contributed by atoms with E-state index in [2.05, 4.69) is 5.32 Å². The van der Waals surface area contributed by atoms with Crippen molar-refractivity contribution in [2.75, 3.05) is 45.2 Å². The SMILES string of the molecule is CCN(CC)C(=O)C[NH+](CC)CC(=O)Nc1ccc(OC)cc1. The van der Waals surface area contributed by atoms with Gasteiger partial charge in [-0.1, -0.05) is 0 Å². The Morgan fingerprint density at radius 3 is 2.17 bits per heavy atom. The lowest BCUT2D eigenvalue weighted by molar-refractivity contribution is -0.882. The summed E-state index contributed by atoms with van der Waals surface area (Å²) in [7, 11) is 1.60. The van der Waals surface area contributed by atoms with Crippen LogP contribution < -0.4 is 15.0 Å². The van der Waals surface area contributed by atoms with Crippen LogP contribution in [0.25, 0.3) is 0 Å². The molecule has 0 saturated heterocycles. The van der Waals surface area contributed by atoms with Crippen molar-refractivity contribution in [1.29, 1.82) is 0 Å². The predicted molar refractivity (Wildman–Crippen MR) is 90.8 cm³/mol. The van der Waals surface area contributed by atoms with E-state index < -0.39 is 0 Å². The van der Waals surface area contributed by atoms with Crippen molar-refractivity contribution in [1.82, 2.24) is 4.90 Å². The van der Waals surface area contributed by atoms with E-state index in [1.165, 1.54) is 0 Å². The van der Waals surface area contributed by atoms with Crippen molar-refractivity contribution in [2.45, 2.75) is 20.8 Å². The Morgan fingerprint density at radius 2 is 1.70 bits per heavy atom. The van der Waals surface area contributed by atoms with E-state index in [1.54, 1.807) is 36.3 Å². The molecule has 0 spiro atoms. The van der Waals surface area contributed by atoms with Gasteiger partial charge in [0.05, 0.1) is 13.7 Å². The highest BCUT2D eigenvalue weighted by Gasteiger charge is 2.19. The van der Waals surface area contributed by atoms with Gasteiger partial charge in [-0.05, 0) is 45.0 Å². The molecule has 0 saturated carbocycles. The Hall–Kier alpha value is -2.08. The van der Waals surface area contributed by atoms with Gasteiger partial charge in [0.25, 0.3) is 11.8 Å². The zero-order chi connectivity index (χ0) is 17.2. The third-order valence-electron chi connectivity index (χ3n) is 3.80. The molecule has 128 valence electrons. The zero-order valence-corrected chi connectivity index (χ0v) is 14.5. The number of carbonyl (C=O) groups excluding carboxylic acids is 2. The second kappa shape index (κ2) is 9.84. The molecule has 0 aliphatic rings. The first-order valence-corrected chi connectivity index (χ1v) is 8.09. The van der Waals surface area contributed by atoms with Crippen LogP contribution in [0.15, 0.2) is 24.3 Å². The molecule has 2 N–H and O–H groups in total. The maximum atomic E-state index is 12.1. The number of ether oxygens (including phenoxy) is 1. The molecule has 0 bridgehead atoms. The summed E-state index contributed by atoms with van der Waals surface area (Å²) in [6.07, 6.45) is 0. The van der Waals surface area contributed by atoms with Crippen LogP contribution in [-0.2, 0) is 9.59 Å². The number of methoxy groups -OCH3 is 1. The molecule has 0 radical (unpaired) electrons. The van der Waals surface area contributed by atoms with Crippen molar-refractivity contribution >= 4 is 17.5 Å². The summed E-state index contributed by atoms with van der Waals surface area (Å²) in [5, 5.41) is 2.85. The molecule has 0 aliphatic heterocycles. The Balaban J connectivity index is 2.53. The highest BCUT2D eigenvalue weighted by molar-refractivity contribution is 5.91. The van der Waals surface area contributed by atoms with Gasteiger partial charge in [-0.2, -0.15) is 0 Å². The third kappa shape index (κ3) is 6.28. The minimum absolute atomic E-state index is 0.0871. The molecule has 2 amide bonds. The van der Waals surface area contributed by atoms with Crippen molar-refractivity contribution in [2.24, 2.45) is 0 Å². The number of anilines is 1. The number of hydrogen-bond donors (Lipinski definition) is 2. The number of likely N-dealkylation sites (N-methyl/N-ethyl adjacent to an activating group) is 2. The molecule has 1 aromatic carbocycles. The number of hydrogen-bond acceptors (Lipinski definition) is 3. The van der Waals surface area contributed by atoms with Crippen LogP contribution in [0.3, 0.4) is 0 Å². The van der Waals surface area contributed by atoms with E-state index in [9.17, 15) is 9.59 Å².